The van der Waals surface area contributed by atoms with Crippen LogP contribution in [0.25, 0.3) is 27.8 Å². The van der Waals surface area contributed by atoms with Crippen LogP contribution in [0, 0.1) is 0 Å². The summed E-state index contributed by atoms with van der Waals surface area (Å²) in [6.07, 6.45) is 3.67. The molecule has 0 unspecified atom stereocenters. The van der Waals surface area contributed by atoms with Gasteiger partial charge in [-0.05, 0) is 29.6 Å². The molecular weight excluding hydrogens is 342 g/mol. The minimum atomic E-state index is 0.760. The molecule has 5 nitrogen and oxygen atoms in total. The van der Waals surface area contributed by atoms with Crippen LogP contribution in [0.3, 0.4) is 0 Å². The van der Waals surface area contributed by atoms with Crippen LogP contribution in [0.1, 0.15) is 4.88 Å². The molecule has 0 bridgehead atoms. The highest BCUT2D eigenvalue weighted by molar-refractivity contribution is 7.09. The molecule has 6 heteroatoms. The van der Waals surface area contributed by atoms with E-state index in [2.05, 4.69) is 51.0 Å². The van der Waals surface area contributed by atoms with Gasteiger partial charge in [-0.25, -0.2) is 9.50 Å². The average Bonchev–Trinajstić information content (AvgIpc) is 3.35. The maximum atomic E-state index is 4.74. The number of imidazole rings is 1. The number of hydrogen-bond donors (Lipinski definition) is 1. The molecule has 0 amide bonds. The number of fused-ring (bicyclic) bond motifs is 2. The van der Waals surface area contributed by atoms with Gasteiger partial charge in [0, 0.05) is 22.0 Å². The second-order valence-corrected chi connectivity index (χ2v) is 6.98. The Hall–Kier alpha value is -3.25. The van der Waals surface area contributed by atoms with E-state index in [-0.39, 0.29) is 0 Å². The molecule has 5 rings (SSSR count). The largest absolute Gasteiger partial charge is 0.364 e. The van der Waals surface area contributed by atoms with Gasteiger partial charge in [0.05, 0.1) is 24.0 Å². The lowest BCUT2D eigenvalue weighted by atomic mass is 10.1. The Morgan fingerprint density at radius 1 is 0.962 bits per heavy atom. The number of para-hydroxylation sites is 1. The molecule has 0 saturated carbocycles. The van der Waals surface area contributed by atoms with E-state index in [0.717, 1.165) is 40.2 Å². The summed E-state index contributed by atoms with van der Waals surface area (Å²) < 4.78 is 1.88. The summed E-state index contributed by atoms with van der Waals surface area (Å²) in [5, 5.41) is 11.3. The van der Waals surface area contributed by atoms with Crippen LogP contribution in [0.15, 0.2) is 72.4 Å². The zero-order chi connectivity index (χ0) is 17.3. The third-order valence-electron chi connectivity index (χ3n) is 4.29. The van der Waals surface area contributed by atoms with Crippen molar-refractivity contribution in [1.29, 1.82) is 0 Å². The van der Waals surface area contributed by atoms with E-state index in [9.17, 15) is 0 Å². The SMILES string of the molecule is c1csc(CNc2ccc3ncc(-c4cccc5cccnc45)n3n2)c1. The number of anilines is 1. The quantitative estimate of drug-likeness (QED) is 0.510. The first-order valence-corrected chi connectivity index (χ1v) is 9.22. The van der Waals surface area contributed by atoms with Crippen LogP contribution in [0.4, 0.5) is 5.82 Å². The van der Waals surface area contributed by atoms with Gasteiger partial charge in [-0.2, -0.15) is 0 Å². The number of nitrogens with zero attached hydrogens (tertiary/aromatic N) is 4. The first kappa shape index (κ1) is 15.0. The molecule has 0 aliphatic carbocycles. The van der Waals surface area contributed by atoms with Crippen LogP contribution >= 0.6 is 11.3 Å². The van der Waals surface area contributed by atoms with Crippen LogP contribution in [-0.2, 0) is 6.54 Å². The summed E-state index contributed by atoms with van der Waals surface area (Å²) in [4.78, 5) is 10.3. The molecule has 0 atom stereocenters. The summed E-state index contributed by atoms with van der Waals surface area (Å²) in [6.45, 7) is 0.760. The molecule has 0 fully saturated rings. The van der Waals surface area contributed by atoms with Gasteiger partial charge in [0.1, 0.15) is 5.82 Å². The molecule has 0 saturated heterocycles. The summed E-state index contributed by atoms with van der Waals surface area (Å²) in [5.41, 5.74) is 3.73. The van der Waals surface area contributed by atoms with E-state index in [0.29, 0.717) is 0 Å². The lowest BCUT2D eigenvalue weighted by Crippen LogP contribution is -2.03. The standard InChI is InChI=1S/C20H15N5S/c1-4-14-5-2-10-21-20(14)16(7-1)17-13-23-19-9-8-18(24-25(17)19)22-12-15-6-3-11-26-15/h1-11,13H,12H2,(H,22,24). The first-order chi connectivity index (χ1) is 12.9. The fraction of sp³-hybridized carbons (Fsp3) is 0.0500. The Morgan fingerprint density at radius 3 is 2.85 bits per heavy atom. The number of thiophene rings is 1. The smallest absolute Gasteiger partial charge is 0.154 e. The van der Waals surface area contributed by atoms with E-state index in [1.807, 2.05) is 41.2 Å². The minimum absolute atomic E-state index is 0.760. The van der Waals surface area contributed by atoms with E-state index in [4.69, 9.17) is 5.10 Å². The van der Waals surface area contributed by atoms with Crippen molar-refractivity contribution >= 4 is 33.7 Å². The molecule has 0 radical (unpaired) electrons. The molecule has 4 heterocycles. The molecule has 26 heavy (non-hydrogen) atoms. The summed E-state index contributed by atoms with van der Waals surface area (Å²) in [7, 11) is 0. The minimum Gasteiger partial charge on any atom is -0.364 e. The van der Waals surface area contributed by atoms with Gasteiger partial charge in [-0.3, -0.25) is 4.98 Å². The van der Waals surface area contributed by atoms with Crippen molar-refractivity contribution in [2.24, 2.45) is 0 Å². The molecule has 1 aromatic carbocycles. The molecule has 0 spiro atoms. The predicted molar refractivity (Wildman–Crippen MR) is 105 cm³/mol. The number of benzene rings is 1. The van der Waals surface area contributed by atoms with Crippen LogP contribution in [0.5, 0.6) is 0 Å². The summed E-state index contributed by atoms with van der Waals surface area (Å²) in [5.74, 6) is 0.818. The van der Waals surface area contributed by atoms with Crippen LogP contribution in [0.2, 0.25) is 0 Å². The van der Waals surface area contributed by atoms with Gasteiger partial charge in [0.15, 0.2) is 5.65 Å². The second kappa shape index (κ2) is 6.24. The highest BCUT2D eigenvalue weighted by Crippen LogP contribution is 2.27. The fourth-order valence-corrected chi connectivity index (χ4v) is 3.70. The van der Waals surface area contributed by atoms with Crippen molar-refractivity contribution in [2.75, 3.05) is 5.32 Å². The fourth-order valence-electron chi connectivity index (χ4n) is 3.05. The Kier molecular flexibility index (Phi) is 3.61. The van der Waals surface area contributed by atoms with Crippen LogP contribution in [-0.4, -0.2) is 19.6 Å². The third-order valence-corrected chi connectivity index (χ3v) is 5.17. The lowest BCUT2D eigenvalue weighted by molar-refractivity contribution is 0.934. The van der Waals surface area contributed by atoms with Crippen molar-refractivity contribution in [3.05, 3.63) is 77.2 Å². The van der Waals surface area contributed by atoms with Crippen molar-refractivity contribution in [1.82, 2.24) is 19.6 Å². The number of rotatable bonds is 4. The van der Waals surface area contributed by atoms with E-state index in [1.165, 1.54) is 4.88 Å². The third kappa shape index (κ3) is 2.60. The molecule has 5 aromatic rings. The first-order valence-electron chi connectivity index (χ1n) is 8.34. The van der Waals surface area contributed by atoms with E-state index < -0.39 is 0 Å². The van der Waals surface area contributed by atoms with E-state index >= 15 is 0 Å². The number of hydrogen-bond acceptors (Lipinski definition) is 5. The molecule has 0 aliphatic rings. The van der Waals surface area contributed by atoms with Gasteiger partial charge in [-0.1, -0.05) is 30.3 Å². The maximum Gasteiger partial charge on any atom is 0.154 e. The van der Waals surface area contributed by atoms with Gasteiger partial charge in [0.2, 0.25) is 0 Å². The highest BCUT2D eigenvalue weighted by Gasteiger charge is 2.11. The summed E-state index contributed by atoms with van der Waals surface area (Å²) >= 11 is 1.73. The molecular formula is C20H15N5S. The zero-order valence-electron chi connectivity index (χ0n) is 13.8. The Labute approximate surface area is 154 Å². The topological polar surface area (TPSA) is 55.1 Å². The van der Waals surface area contributed by atoms with Gasteiger partial charge < -0.3 is 5.32 Å². The van der Waals surface area contributed by atoms with Gasteiger partial charge >= 0.3 is 0 Å². The summed E-state index contributed by atoms with van der Waals surface area (Å²) in [6, 6.07) is 18.3. The van der Waals surface area contributed by atoms with Gasteiger partial charge in [0.25, 0.3) is 0 Å². The Bertz CT molecular complexity index is 1190. The van der Waals surface area contributed by atoms with Gasteiger partial charge in [-0.15, -0.1) is 16.4 Å². The molecule has 4 aromatic heterocycles. The number of aromatic nitrogens is 4. The number of nitrogens with one attached hydrogen (secondary N) is 1. The van der Waals surface area contributed by atoms with Crippen molar-refractivity contribution in [2.45, 2.75) is 6.54 Å². The van der Waals surface area contributed by atoms with Crippen molar-refractivity contribution in [3.8, 4) is 11.3 Å². The maximum absolute atomic E-state index is 4.74. The monoisotopic (exact) mass is 357 g/mol. The lowest BCUT2D eigenvalue weighted by Gasteiger charge is -2.07. The normalized spacial score (nSPS) is 11.2. The average molecular weight is 357 g/mol. The van der Waals surface area contributed by atoms with Crippen molar-refractivity contribution in [3.63, 3.8) is 0 Å². The molecule has 0 aliphatic heterocycles. The Balaban J connectivity index is 1.58. The molecule has 1 N–H and O–H groups in total. The van der Waals surface area contributed by atoms with Crippen molar-refractivity contribution < 1.29 is 0 Å². The van der Waals surface area contributed by atoms with E-state index in [1.54, 1.807) is 11.3 Å². The highest BCUT2D eigenvalue weighted by atomic mass is 32.1. The Morgan fingerprint density at radius 2 is 1.92 bits per heavy atom. The second-order valence-electron chi connectivity index (χ2n) is 5.95. The number of pyridine rings is 1. The zero-order valence-corrected chi connectivity index (χ0v) is 14.6. The predicted octanol–water partition coefficient (Wildman–Crippen LogP) is 4.62. The molecule has 126 valence electrons. The van der Waals surface area contributed by atoms with Crippen LogP contribution < -0.4 is 5.32 Å².